The van der Waals surface area contributed by atoms with Gasteiger partial charge in [0.1, 0.15) is 0 Å². The van der Waals surface area contributed by atoms with E-state index < -0.39 is 0 Å². The Kier molecular flexibility index (Phi) is 6.47. The molecule has 0 bridgehead atoms. The van der Waals surface area contributed by atoms with E-state index in [1.54, 1.807) is 0 Å². The minimum Gasteiger partial charge on any atom is -0.409 e. The van der Waals surface area contributed by atoms with E-state index in [0.717, 1.165) is 0 Å². The minimum atomic E-state index is -0.0686. The topological polar surface area (TPSA) is 88.1 Å². The number of amidine groups is 1. The Morgan fingerprint density at radius 2 is 2.29 bits per heavy atom. The number of nitrogens with zero attached hydrogens (tertiary/aromatic N) is 2. The van der Waals surface area contributed by atoms with Crippen molar-refractivity contribution in [3.63, 3.8) is 0 Å². The number of amides is 1. The van der Waals surface area contributed by atoms with Gasteiger partial charge in [-0.15, -0.1) is 0 Å². The van der Waals surface area contributed by atoms with E-state index in [0.29, 0.717) is 19.6 Å². The highest BCUT2D eigenvalue weighted by molar-refractivity contribution is 5.86. The monoisotopic (exact) mass is 203 g/mol. The highest BCUT2D eigenvalue weighted by atomic mass is 16.5. The zero-order chi connectivity index (χ0) is 11.0. The van der Waals surface area contributed by atoms with Gasteiger partial charge in [-0.25, -0.2) is 0 Å². The van der Waals surface area contributed by atoms with Crippen LogP contribution in [0.5, 0.6) is 0 Å². The fourth-order valence-electron chi connectivity index (χ4n) is 0.951. The van der Waals surface area contributed by atoms with Gasteiger partial charge in [-0.05, 0) is 6.92 Å². The summed E-state index contributed by atoms with van der Waals surface area (Å²) in [5.41, 5.74) is 5.29. The van der Waals surface area contributed by atoms with Gasteiger partial charge >= 0.3 is 0 Å². The molecule has 0 aromatic carbocycles. The Hall–Kier alpha value is -1.30. The second-order valence-electron chi connectivity index (χ2n) is 2.74. The molecule has 1 amide bonds. The highest BCUT2D eigenvalue weighted by Gasteiger charge is 2.12. The summed E-state index contributed by atoms with van der Waals surface area (Å²) >= 11 is 0. The first-order valence-electron chi connectivity index (χ1n) is 4.38. The van der Waals surface area contributed by atoms with Crippen molar-refractivity contribution < 1.29 is 14.7 Å². The first-order chi connectivity index (χ1) is 6.65. The average Bonchev–Trinajstić information content (AvgIpc) is 2.21. The zero-order valence-electron chi connectivity index (χ0n) is 8.56. The van der Waals surface area contributed by atoms with E-state index in [9.17, 15) is 4.79 Å². The number of oxime groups is 1. The molecule has 14 heavy (non-hydrogen) atoms. The Morgan fingerprint density at radius 1 is 1.64 bits per heavy atom. The van der Waals surface area contributed by atoms with Gasteiger partial charge in [0.15, 0.2) is 5.84 Å². The number of hydrogen-bond acceptors (Lipinski definition) is 4. The molecule has 0 unspecified atom stereocenters. The molecule has 6 nitrogen and oxygen atoms in total. The third kappa shape index (κ3) is 4.66. The van der Waals surface area contributed by atoms with Gasteiger partial charge < -0.3 is 20.6 Å². The molecule has 0 aromatic rings. The normalized spacial score (nSPS) is 11.4. The molecular formula is C8H17N3O3. The molecule has 0 aromatic heterocycles. The molecule has 0 atom stereocenters. The number of hydrogen-bond donors (Lipinski definition) is 2. The standard InChI is InChI=1S/C8H17N3O3/c1-3-11(6-7(9)10-13)8(12)4-5-14-2/h13H,3-6H2,1-2H3,(H2,9,10). The summed E-state index contributed by atoms with van der Waals surface area (Å²) in [6, 6.07) is 0. The maximum atomic E-state index is 11.4. The van der Waals surface area contributed by atoms with Crippen LogP contribution < -0.4 is 5.73 Å². The van der Waals surface area contributed by atoms with Crippen LogP contribution in [0.4, 0.5) is 0 Å². The minimum absolute atomic E-state index is 0.0256. The molecule has 0 rings (SSSR count). The van der Waals surface area contributed by atoms with Crippen molar-refractivity contribution in [2.24, 2.45) is 10.9 Å². The van der Waals surface area contributed by atoms with Crippen LogP contribution in [-0.4, -0.2) is 48.7 Å². The molecule has 0 saturated heterocycles. The van der Waals surface area contributed by atoms with Crippen LogP contribution >= 0.6 is 0 Å². The van der Waals surface area contributed by atoms with Crippen LogP contribution in [0.15, 0.2) is 5.16 Å². The van der Waals surface area contributed by atoms with Crippen LogP contribution in [0.1, 0.15) is 13.3 Å². The number of rotatable bonds is 6. The molecule has 0 aliphatic carbocycles. The van der Waals surface area contributed by atoms with E-state index >= 15 is 0 Å². The van der Waals surface area contributed by atoms with Gasteiger partial charge in [-0.1, -0.05) is 5.16 Å². The van der Waals surface area contributed by atoms with Gasteiger partial charge in [0.2, 0.25) is 5.91 Å². The third-order valence-corrected chi connectivity index (χ3v) is 1.74. The summed E-state index contributed by atoms with van der Waals surface area (Å²) in [7, 11) is 1.53. The molecule has 0 fully saturated rings. The Bertz CT molecular complexity index is 206. The largest absolute Gasteiger partial charge is 0.409 e. The molecule has 0 saturated carbocycles. The van der Waals surface area contributed by atoms with Crippen LogP contribution in [0.25, 0.3) is 0 Å². The predicted molar refractivity (Wildman–Crippen MR) is 52.2 cm³/mol. The Morgan fingerprint density at radius 3 is 2.71 bits per heavy atom. The number of likely N-dealkylation sites (N-methyl/N-ethyl adjacent to an activating group) is 1. The van der Waals surface area contributed by atoms with Crippen molar-refractivity contribution in [3.05, 3.63) is 0 Å². The van der Waals surface area contributed by atoms with Gasteiger partial charge in [0, 0.05) is 13.7 Å². The van der Waals surface area contributed by atoms with Crippen LogP contribution in [0, 0.1) is 0 Å². The van der Waals surface area contributed by atoms with E-state index in [2.05, 4.69) is 5.16 Å². The van der Waals surface area contributed by atoms with Crippen molar-refractivity contribution in [2.45, 2.75) is 13.3 Å². The molecule has 0 spiro atoms. The van der Waals surface area contributed by atoms with Crippen molar-refractivity contribution in [1.82, 2.24) is 4.90 Å². The summed E-state index contributed by atoms with van der Waals surface area (Å²) < 4.78 is 4.78. The number of ether oxygens (including phenoxy) is 1. The highest BCUT2D eigenvalue weighted by Crippen LogP contribution is 1.94. The fraction of sp³-hybridized carbons (Fsp3) is 0.750. The number of methoxy groups -OCH3 is 1. The summed E-state index contributed by atoms with van der Waals surface area (Å²) in [5.74, 6) is -0.0430. The lowest BCUT2D eigenvalue weighted by Crippen LogP contribution is -2.38. The van der Waals surface area contributed by atoms with E-state index in [1.165, 1.54) is 12.0 Å². The molecule has 0 aliphatic heterocycles. The lowest BCUT2D eigenvalue weighted by molar-refractivity contribution is -0.131. The fourth-order valence-corrected chi connectivity index (χ4v) is 0.951. The lowest BCUT2D eigenvalue weighted by Gasteiger charge is -2.19. The zero-order valence-corrected chi connectivity index (χ0v) is 8.56. The number of carbonyl (C=O) groups excluding carboxylic acids is 1. The Labute approximate surface area is 83.3 Å². The molecule has 0 radical (unpaired) electrons. The van der Waals surface area contributed by atoms with Crippen molar-refractivity contribution in [3.8, 4) is 0 Å². The SMILES string of the molecule is CCN(CC(N)=NO)C(=O)CCOC. The predicted octanol–water partition coefficient (Wildman–Crippen LogP) is -0.382. The van der Waals surface area contributed by atoms with Crippen molar-refractivity contribution in [2.75, 3.05) is 26.8 Å². The first-order valence-corrected chi connectivity index (χ1v) is 4.38. The van der Waals surface area contributed by atoms with Crippen LogP contribution in [0.2, 0.25) is 0 Å². The summed E-state index contributed by atoms with van der Waals surface area (Å²) in [6.45, 7) is 2.88. The van der Waals surface area contributed by atoms with Crippen molar-refractivity contribution in [1.29, 1.82) is 0 Å². The number of carbonyl (C=O) groups is 1. The Balaban J connectivity index is 4.05. The second kappa shape index (κ2) is 7.14. The van der Waals surface area contributed by atoms with E-state index in [1.807, 2.05) is 6.92 Å². The second-order valence-corrected chi connectivity index (χ2v) is 2.74. The third-order valence-electron chi connectivity index (χ3n) is 1.74. The smallest absolute Gasteiger partial charge is 0.225 e. The molecule has 82 valence electrons. The molecule has 3 N–H and O–H groups in total. The summed E-state index contributed by atoms with van der Waals surface area (Å²) in [5, 5.41) is 11.1. The summed E-state index contributed by atoms with van der Waals surface area (Å²) in [4.78, 5) is 12.9. The van der Waals surface area contributed by atoms with Gasteiger partial charge in [0.25, 0.3) is 0 Å². The lowest BCUT2D eigenvalue weighted by atomic mass is 10.3. The van der Waals surface area contributed by atoms with Crippen LogP contribution in [0.3, 0.4) is 0 Å². The molecular weight excluding hydrogens is 186 g/mol. The van der Waals surface area contributed by atoms with Gasteiger partial charge in [0.05, 0.1) is 19.6 Å². The number of nitrogens with two attached hydrogens (primary N) is 1. The van der Waals surface area contributed by atoms with Crippen LogP contribution in [-0.2, 0) is 9.53 Å². The van der Waals surface area contributed by atoms with Crippen molar-refractivity contribution >= 4 is 11.7 Å². The first kappa shape index (κ1) is 12.7. The summed E-state index contributed by atoms with van der Waals surface area (Å²) in [6.07, 6.45) is 0.309. The maximum absolute atomic E-state index is 11.4. The van der Waals surface area contributed by atoms with Gasteiger partial charge in [-0.2, -0.15) is 0 Å². The van der Waals surface area contributed by atoms with E-state index in [-0.39, 0.29) is 18.3 Å². The quantitative estimate of drug-likeness (QED) is 0.266. The van der Waals surface area contributed by atoms with E-state index in [4.69, 9.17) is 15.7 Å². The molecule has 6 heteroatoms. The molecule has 0 heterocycles. The average molecular weight is 203 g/mol. The maximum Gasteiger partial charge on any atom is 0.225 e. The van der Waals surface area contributed by atoms with Gasteiger partial charge in [-0.3, -0.25) is 4.79 Å². The molecule has 0 aliphatic rings.